The van der Waals surface area contributed by atoms with Crippen LogP contribution in [-0.4, -0.2) is 43.5 Å². The molecule has 7 heteroatoms. The molecule has 122 valence electrons. The lowest BCUT2D eigenvalue weighted by Gasteiger charge is -2.30. The summed E-state index contributed by atoms with van der Waals surface area (Å²) >= 11 is 0. The SMILES string of the molecule is CCOC(=O)C1CCN(S(=O)(=O)c2cc(C)cc(O)c2)CC1. The van der Waals surface area contributed by atoms with E-state index in [1.807, 2.05) is 0 Å². The smallest absolute Gasteiger partial charge is 0.309 e. The van der Waals surface area contributed by atoms with Crippen LogP contribution in [0.3, 0.4) is 0 Å². The number of carbonyl (C=O) groups is 1. The van der Waals surface area contributed by atoms with Crippen molar-refractivity contribution >= 4 is 16.0 Å². The van der Waals surface area contributed by atoms with Crippen molar-refractivity contribution in [2.75, 3.05) is 19.7 Å². The number of ether oxygens (including phenoxy) is 1. The largest absolute Gasteiger partial charge is 0.508 e. The maximum absolute atomic E-state index is 12.6. The number of sulfonamides is 1. The number of carbonyl (C=O) groups excluding carboxylic acids is 1. The number of benzene rings is 1. The van der Waals surface area contributed by atoms with Crippen LogP contribution in [0.25, 0.3) is 0 Å². The predicted molar refractivity (Wildman–Crippen MR) is 81.0 cm³/mol. The molecule has 1 aromatic carbocycles. The van der Waals surface area contributed by atoms with Crippen LogP contribution in [0.4, 0.5) is 0 Å². The molecule has 1 N–H and O–H groups in total. The Hall–Kier alpha value is -1.60. The number of aryl methyl sites for hydroxylation is 1. The quantitative estimate of drug-likeness (QED) is 0.850. The first kappa shape index (κ1) is 16.8. The number of aromatic hydroxyl groups is 1. The number of phenolic OH excluding ortho intramolecular Hbond substituents is 1. The highest BCUT2D eigenvalue weighted by molar-refractivity contribution is 7.89. The van der Waals surface area contributed by atoms with E-state index in [-0.39, 0.29) is 35.6 Å². The minimum atomic E-state index is -3.65. The van der Waals surface area contributed by atoms with Crippen molar-refractivity contribution in [2.45, 2.75) is 31.6 Å². The summed E-state index contributed by atoms with van der Waals surface area (Å²) in [7, 11) is -3.65. The minimum Gasteiger partial charge on any atom is -0.508 e. The van der Waals surface area contributed by atoms with Crippen LogP contribution in [0, 0.1) is 12.8 Å². The summed E-state index contributed by atoms with van der Waals surface area (Å²) < 4.78 is 31.5. The molecule has 0 aliphatic carbocycles. The average molecular weight is 327 g/mol. The van der Waals surface area contributed by atoms with Gasteiger partial charge in [0.05, 0.1) is 17.4 Å². The second-order valence-electron chi connectivity index (χ2n) is 5.43. The number of nitrogens with zero attached hydrogens (tertiary/aromatic N) is 1. The molecule has 0 unspecified atom stereocenters. The van der Waals surface area contributed by atoms with Crippen molar-refractivity contribution in [3.05, 3.63) is 23.8 Å². The zero-order chi connectivity index (χ0) is 16.3. The molecule has 0 amide bonds. The van der Waals surface area contributed by atoms with Crippen LogP contribution in [-0.2, 0) is 19.6 Å². The van der Waals surface area contributed by atoms with Crippen molar-refractivity contribution in [3.8, 4) is 5.75 Å². The van der Waals surface area contributed by atoms with Gasteiger partial charge in [-0.2, -0.15) is 4.31 Å². The topological polar surface area (TPSA) is 83.9 Å². The first-order valence-corrected chi connectivity index (χ1v) is 8.76. The zero-order valence-corrected chi connectivity index (χ0v) is 13.6. The summed E-state index contributed by atoms with van der Waals surface area (Å²) in [6, 6.07) is 4.29. The van der Waals surface area contributed by atoms with E-state index in [9.17, 15) is 18.3 Å². The van der Waals surface area contributed by atoms with Gasteiger partial charge in [0, 0.05) is 13.1 Å². The Morgan fingerprint density at radius 2 is 1.95 bits per heavy atom. The van der Waals surface area contributed by atoms with Gasteiger partial charge in [0.1, 0.15) is 5.75 Å². The average Bonchev–Trinajstić information content (AvgIpc) is 2.46. The van der Waals surface area contributed by atoms with E-state index < -0.39 is 10.0 Å². The van der Waals surface area contributed by atoms with Crippen LogP contribution in [0.2, 0.25) is 0 Å². The molecule has 1 saturated heterocycles. The van der Waals surface area contributed by atoms with Crippen LogP contribution in [0.1, 0.15) is 25.3 Å². The molecule has 1 aliphatic rings. The zero-order valence-electron chi connectivity index (χ0n) is 12.8. The summed E-state index contributed by atoms with van der Waals surface area (Å²) in [5.74, 6) is -0.565. The van der Waals surface area contributed by atoms with Gasteiger partial charge in [0.15, 0.2) is 0 Å². The Morgan fingerprint density at radius 3 is 2.50 bits per heavy atom. The Kier molecular flexibility index (Phi) is 5.08. The Morgan fingerprint density at radius 1 is 1.32 bits per heavy atom. The fraction of sp³-hybridized carbons (Fsp3) is 0.533. The summed E-state index contributed by atoms with van der Waals surface area (Å²) in [4.78, 5) is 11.8. The molecule has 0 saturated carbocycles. The fourth-order valence-electron chi connectivity index (χ4n) is 2.62. The van der Waals surface area contributed by atoms with Crippen molar-refractivity contribution < 1.29 is 23.1 Å². The highest BCUT2D eigenvalue weighted by Gasteiger charge is 2.32. The molecule has 2 rings (SSSR count). The lowest BCUT2D eigenvalue weighted by molar-refractivity contribution is -0.149. The van der Waals surface area contributed by atoms with Crippen molar-refractivity contribution in [3.63, 3.8) is 0 Å². The predicted octanol–water partition coefficient (Wildman–Crippen LogP) is 1.66. The van der Waals surface area contributed by atoms with E-state index in [0.717, 1.165) is 0 Å². The Bertz CT molecular complexity index is 628. The Balaban J connectivity index is 2.11. The molecule has 0 spiro atoms. The molecule has 6 nitrogen and oxygen atoms in total. The number of piperidine rings is 1. The first-order chi connectivity index (χ1) is 10.3. The molecule has 1 fully saturated rings. The van der Waals surface area contributed by atoms with E-state index in [2.05, 4.69) is 0 Å². The molecule has 0 aromatic heterocycles. The Labute approximate surface area is 130 Å². The number of rotatable bonds is 4. The third-order valence-electron chi connectivity index (χ3n) is 3.75. The molecule has 0 bridgehead atoms. The van der Waals surface area contributed by atoms with Crippen molar-refractivity contribution in [2.24, 2.45) is 5.92 Å². The van der Waals surface area contributed by atoms with E-state index in [1.165, 1.54) is 22.5 Å². The first-order valence-electron chi connectivity index (χ1n) is 7.32. The molecule has 1 aliphatic heterocycles. The molecule has 0 atom stereocenters. The number of hydrogen-bond donors (Lipinski definition) is 1. The number of esters is 1. The van der Waals surface area contributed by atoms with Gasteiger partial charge in [0.2, 0.25) is 10.0 Å². The van der Waals surface area contributed by atoms with Gasteiger partial charge in [-0.15, -0.1) is 0 Å². The fourth-order valence-corrected chi connectivity index (χ4v) is 4.21. The molecule has 1 heterocycles. The third kappa shape index (κ3) is 3.59. The van der Waals surface area contributed by atoms with Gasteiger partial charge >= 0.3 is 5.97 Å². The van der Waals surface area contributed by atoms with Crippen molar-refractivity contribution in [1.82, 2.24) is 4.31 Å². The monoisotopic (exact) mass is 327 g/mol. The molecular formula is C15H21NO5S. The van der Waals surface area contributed by atoms with E-state index >= 15 is 0 Å². The molecule has 1 aromatic rings. The summed E-state index contributed by atoms with van der Waals surface area (Å²) in [6.45, 7) is 4.37. The second-order valence-corrected chi connectivity index (χ2v) is 7.37. The van der Waals surface area contributed by atoms with Gasteiger partial charge in [-0.3, -0.25) is 4.79 Å². The molecular weight excluding hydrogens is 306 g/mol. The van der Waals surface area contributed by atoms with Gasteiger partial charge in [-0.05, 0) is 50.5 Å². The lowest BCUT2D eigenvalue weighted by atomic mass is 9.98. The van der Waals surface area contributed by atoms with E-state index in [0.29, 0.717) is 25.0 Å². The summed E-state index contributed by atoms with van der Waals surface area (Å²) in [6.07, 6.45) is 0.908. The standard InChI is InChI=1S/C15H21NO5S/c1-3-21-15(18)12-4-6-16(7-5-12)22(19,20)14-9-11(2)8-13(17)10-14/h8-10,12,17H,3-7H2,1-2H3. The van der Waals surface area contributed by atoms with Crippen LogP contribution >= 0.6 is 0 Å². The maximum atomic E-state index is 12.6. The molecule has 22 heavy (non-hydrogen) atoms. The minimum absolute atomic E-state index is 0.0695. The number of hydrogen-bond acceptors (Lipinski definition) is 5. The summed E-state index contributed by atoms with van der Waals surface area (Å²) in [5, 5.41) is 9.59. The number of phenols is 1. The second kappa shape index (κ2) is 6.66. The van der Waals surface area contributed by atoms with Gasteiger partial charge < -0.3 is 9.84 Å². The maximum Gasteiger partial charge on any atom is 0.309 e. The van der Waals surface area contributed by atoms with Gasteiger partial charge in [-0.25, -0.2) is 8.42 Å². The van der Waals surface area contributed by atoms with Crippen LogP contribution in [0.15, 0.2) is 23.1 Å². The van der Waals surface area contributed by atoms with E-state index in [1.54, 1.807) is 13.8 Å². The van der Waals surface area contributed by atoms with Gasteiger partial charge in [-0.1, -0.05) is 0 Å². The molecule has 0 radical (unpaired) electrons. The highest BCUT2D eigenvalue weighted by Crippen LogP contribution is 2.27. The summed E-state index contributed by atoms with van der Waals surface area (Å²) in [5.41, 5.74) is 0.681. The third-order valence-corrected chi connectivity index (χ3v) is 5.62. The lowest BCUT2D eigenvalue weighted by Crippen LogP contribution is -2.40. The van der Waals surface area contributed by atoms with Crippen LogP contribution in [0.5, 0.6) is 5.75 Å². The van der Waals surface area contributed by atoms with Crippen molar-refractivity contribution in [1.29, 1.82) is 0 Å². The van der Waals surface area contributed by atoms with Crippen LogP contribution < -0.4 is 0 Å². The van der Waals surface area contributed by atoms with E-state index in [4.69, 9.17) is 4.74 Å². The van der Waals surface area contributed by atoms with Gasteiger partial charge in [0.25, 0.3) is 0 Å². The normalized spacial score (nSPS) is 17.4. The highest BCUT2D eigenvalue weighted by atomic mass is 32.2.